The predicted octanol–water partition coefficient (Wildman–Crippen LogP) is 3.05. The van der Waals surface area contributed by atoms with Crippen LogP contribution in [0.15, 0.2) is 28.9 Å². The highest BCUT2D eigenvalue weighted by Crippen LogP contribution is 2.32. The van der Waals surface area contributed by atoms with E-state index < -0.39 is 0 Å². The number of anilines is 1. The molecule has 1 saturated heterocycles. The van der Waals surface area contributed by atoms with E-state index in [1.165, 1.54) is 25.9 Å². The van der Waals surface area contributed by atoms with Crippen LogP contribution >= 0.6 is 15.9 Å². The normalized spacial score (nSPS) is 15.8. The highest BCUT2D eigenvalue weighted by Gasteiger charge is 2.13. The fourth-order valence-electron chi connectivity index (χ4n) is 2.60. The van der Waals surface area contributed by atoms with E-state index in [-0.39, 0.29) is 0 Å². The highest BCUT2D eigenvalue weighted by molar-refractivity contribution is 9.10. The van der Waals surface area contributed by atoms with Crippen molar-refractivity contribution >= 4 is 32.5 Å². The zero-order chi connectivity index (χ0) is 13.9. The standard InChI is InChI=1S/C15H18BrN3O/c16-11-3-4-14-12(9-11)15(13(17)10-18-14)20-8-7-19-5-1-2-6-19/h3-4,9-10H,1-2,5-8,17H2. The number of likely N-dealkylation sites (tertiary alicyclic amines) is 1. The molecular formula is C15H18BrN3O. The van der Waals surface area contributed by atoms with Gasteiger partial charge in [-0.2, -0.15) is 0 Å². The Kier molecular flexibility index (Phi) is 4.08. The molecule has 0 atom stereocenters. The topological polar surface area (TPSA) is 51.4 Å². The minimum absolute atomic E-state index is 0.594. The Morgan fingerprint density at radius 1 is 1.30 bits per heavy atom. The summed E-state index contributed by atoms with van der Waals surface area (Å²) in [6, 6.07) is 5.94. The Morgan fingerprint density at radius 2 is 2.10 bits per heavy atom. The molecule has 20 heavy (non-hydrogen) atoms. The SMILES string of the molecule is Nc1cnc2ccc(Br)cc2c1OCCN1CCCC1. The molecule has 0 bridgehead atoms. The van der Waals surface area contributed by atoms with Crippen LogP contribution in [-0.4, -0.2) is 36.1 Å². The first kappa shape index (κ1) is 13.6. The van der Waals surface area contributed by atoms with E-state index >= 15 is 0 Å². The zero-order valence-corrected chi connectivity index (χ0v) is 12.9. The van der Waals surface area contributed by atoms with Crippen LogP contribution in [0, 0.1) is 0 Å². The lowest BCUT2D eigenvalue weighted by atomic mass is 10.2. The first-order chi connectivity index (χ1) is 9.74. The summed E-state index contributed by atoms with van der Waals surface area (Å²) < 4.78 is 6.94. The van der Waals surface area contributed by atoms with E-state index in [0.717, 1.165) is 27.7 Å². The summed E-state index contributed by atoms with van der Waals surface area (Å²) >= 11 is 3.48. The molecule has 0 spiro atoms. The van der Waals surface area contributed by atoms with E-state index in [1.54, 1.807) is 6.20 Å². The van der Waals surface area contributed by atoms with Gasteiger partial charge in [0.25, 0.3) is 0 Å². The van der Waals surface area contributed by atoms with Gasteiger partial charge in [0, 0.05) is 16.4 Å². The Morgan fingerprint density at radius 3 is 2.90 bits per heavy atom. The minimum Gasteiger partial charge on any atom is -0.489 e. The van der Waals surface area contributed by atoms with Gasteiger partial charge in [0.05, 0.1) is 17.4 Å². The van der Waals surface area contributed by atoms with E-state index in [9.17, 15) is 0 Å². The molecule has 0 radical (unpaired) electrons. The zero-order valence-electron chi connectivity index (χ0n) is 11.3. The van der Waals surface area contributed by atoms with Crippen molar-refractivity contribution in [3.63, 3.8) is 0 Å². The third kappa shape index (κ3) is 2.88. The Bertz CT molecular complexity index is 606. The number of ether oxygens (including phenoxy) is 1. The molecule has 0 amide bonds. The van der Waals surface area contributed by atoms with Crippen LogP contribution in [0.1, 0.15) is 12.8 Å². The molecule has 0 saturated carbocycles. The molecule has 2 N–H and O–H groups in total. The van der Waals surface area contributed by atoms with Crippen molar-refractivity contribution in [2.75, 3.05) is 32.0 Å². The molecule has 1 aliphatic heterocycles. The van der Waals surface area contributed by atoms with Gasteiger partial charge in [-0.25, -0.2) is 0 Å². The molecule has 4 nitrogen and oxygen atoms in total. The van der Waals surface area contributed by atoms with E-state index in [1.807, 2.05) is 18.2 Å². The molecule has 2 heterocycles. The number of nitrogens with two attached hydrogens (primary N) is 1. The second-order valence-electron chi connectivity index (χ2n) is 5.10. The van der Waals surface area contributed by atoms with Crippen molar-refractivity contribution in [1.29, 1.82) is 0 Å². The molecule has 0 aliphatic carbocycles. The molecular weight excluding hydrogens is 318 g/mol. The smallest absolute Gasteiger partial charge is 0.153 e. The van der Waals surface area contributed by atoms with Gasteiger partial charge in [-0.3, -0.25) is 9.88 Å². The molecule has 0 unspecified atom stereocenters. The largest absolute Gasteiger partial charge is 0.489 e. The number of halogens is 1. The maximum Gasteiger partial charge on any atom is 0.153 e. The summed E-state index contributed by atoms with van der Waals surface area (Å²) in [5.41, 5.74) is 7.51. The van der Waals surface area contributed by atoms with Crippen LogP contribution < -0.4 is 10.5 Å². The average molecular weight is 336 g/mol. The summed E-state index contributed by atoms with van der Waals surface area (Å²) in [6.45, 7) is 3.98. The number of hydrogen-bond donors (Lipinski definition) is 1. The Hall–Kier alpha value is -1.33. The molecule has 1 fully saturated rings. The van der Waals surface area contributed by atoms with Gasteiger partial charge in [0.2, 0.25) is 0 Å². The third-order valence-electron chi connectivity index (χ3n) is 3.66. The second-order valence-corrected chi connectivity index (χ2v) is 6.02. The van der Waals surface area contributed by atoms with Crippen molar-refractivity contribution in [3.05, 3.63) is 28.9 Å². The Labute approximate surface area is 127 Å². The van der Waals surface area contributed by atoms with Crippen molar-refractivity contribution in [2.24, 2.45) is 0 Å². The molecule has 1 aromatic carbocycles. The summed E-state index contributed by atoms with van der Waals surface area (Å²) in [5, 5.41) is 0.959. The fourth-order valence-corrected chi connectivity index (χ4v) is 2.96. The van der Waals surface area contributed by atoms with Crippen LogP contribution in [0.5, 0.6) is 5.75 Å². The van der Waals surface area contributed by atoms with Crippen LogP contribution in [0.3, 0.4) is 0 Å². The van der Waals surface area contributed by atoms with Gasteiger partial charge in [-0.15, -0.1) is 0 Å². The Balaban J connectivity index is 1.78. The van der Waals surface area contributed by atoms with Crippen molar-refractivity contribution < 1.29 is 4.74 Å². The third-order valence-corrected chi connectivity index (χ3v) is 4.15. The number of nitrogens with zero attached hydrogens (tertiary/aromatic N) is 2. The van der Waals surface area contributed by atoms with Gasteiger partial charge >= 0.3 is 0 Å². The van der Waals surface area contributed by atoms with Gasteiger partial charge in [-0.05, 0) is 44.1 Å². The summed E-state index contributed by atoms with van der Waals surface area (Å²) in [5.74, 6) is 0.746. The number of rotatable bonds is 4. The fraction of sp³-hybridized carbons (Fsp3) is 0.400. The quantitative estimate of drug-likeness (QED) is 0.932. The first-order valence-electron chi connectivity index (χ1n) is 6.93. The van der Waals surface area contributed by atoms with E-state index in [0.29, 0.717) is 12.3 Å². The summed E-state index contributed by atoms with van der Waals surface area (Å²) in [4.78, 5) is 6.76. The van der Waals surface area contributed by atoms with Crippen molar-refractivity contribution in [2.45, 2.75) is 12.8 Å². The van der Waals surface area contributed by atoms with Gasteiger partial charge in [0.1, 0.15) is 6.61 Å². The molecule has 3 rings (SSSR count). The maximum atomic E-state index is 6.01. The number of aromatic nitrogens is 1. The van der Waals surface area contributed by atoms with Crippen molar-refractivity contribution in [1.82, 2.24) is 9.88 Å². The second kappa shape index (κ2) is 5.97. The molecule has 2 aromatic rings. The van der Waals surface area contributed by atoms with Crippen LogP contribution in [0.25, 0.3) is 10.9 Å². The van der Waals surface area contributed by atoms with Crippen LogP contribution in [0.2, 0.25) is 0 Å². The number of benzene rings is 1. The monoisotopic (exact) mass is 335 g/mol. The number of nitrogen functional groups attached to an aromatic ring is 1. The lowest BCUT2D eigenvalue weighted by Crippen LogP contribution is -2.25. The van der Waals surface area contributed by atoms with Gasteiger partial charge in [0.15, 0.2) is 5.75 Å². The van der Waals surface area contributed by atoms with Gasteiger partial charge in [-0.1, -0.05) is 15.9 Å². The van der Waals surface area contributed by atoms with Gasteiger partial charge < -0.3 is 10.5 Å². The molecule has 1 aliphatic rings. The maximum absolute atomic E-state index is 6.01. The van der Waals surface area contributed by atoms with Crippen LogP contribution in [0.4, 0.5) is 5.69 Å². The molecule has 1 aromatic heterocycles. The predicted molar refractivity (Wildman–Crippen MR) is 85.0 cm³/mol. The molecule has 5 heteroatoms. The number of hydrogen-bond acceptors (Lipinski definition) is 4. The number of pyridine rings is 1. The lowest BCUT2D eigenvalue weighted by Gasteiger charge is -2.16. The van der Waals surface area contributed by atoms with E-state index in [2.05, 4.69) is 25.8 Å². The lowest BCUT2D eigenvalue weighted by molar-refractivity contribution is 0.240. The molecule has 106 valence electrons. The van der Waals surface area contributed by atoms with Crippen molar-refractivity contribution in [3.8, 4) is 5.75 Å². The first-order valence-corrected chi connectivity index (χ1v) is 7.72. The summed E-state index contributed by atoms with van der Waals surface area (Å²) in [7, 11) is 0. The average Bonchev–Trinajstić information content (AvgIpc) is 2.94. The van der Waals surface area contributed by atoms with Crippen LogP contribution in [-0.2, 0) is 0 Å². The number of fused-ring (bicyclic) bond motifs is 1. The van der Waals surface area contributed by atoms with E-state index in [4.69, 9.17) is 10.5 Å². The highest BCUT2D eigenvalue weighted by atomic mass is 79.9. The summed E-state index contributed by atoms with van der Waals surface area (Å²) in [6.07, 6.45) is 4.27. The minimum atomic E-state index is 0.594.